The van der Waals surface area contributed by atoms with Gasteiger partial charge in [0.1, 0.15) is 0 Å². The molecule has 0 aliphatic heterocycles. The average molecular weight is 256 g/mol. The van der Waals surface area contributed by atoms with E-state index >= 15 is 0 Å². The van der Waals surface area contributed by atoms with Crippen molar-refractivity contribution in [1.82, 2.24) is 15.1 Å². The minimum atomic E-state index is -2.57. The minimum absolute atomic E-state index is 0. The van der Waals surface area contributed by atoms with Crippen molar-refractivity contribution in [2.75, 3.05) is 20.3 Å². The van der Waals surface area contributed by atoms with Gasteiger partial charge in [0, 0.05) is 26.5 Å². The molecular formula is C9H16ClF2N3O. The van der Waals surface area contributed by atoms with Crippen LogP contribution in [0, 0.1) is 0 Å². The summed E-state index contributed by atoms with van der Waals surface area (Å²) in [6.07, 6.45) is 2.23. The lowest BCUT2D eigenvalue weighted by Crippen LogP contribution is -2.19. The maximum Gasteiger partial charge on any atom is 0.333 e. The molecule has 0 saturated carbocycles. The first kappa shape index (κ1) is 15.3. The molecule has 1 aromatic rings. The van der Waals surface area contributed by atoms with E-state index in [1.807, 2.05) is 0 Å². The Hall–Kier alpha value is -0.720. The predicted molar refractivity (Wildman–Crippen MR) is 58.9 cm³/mol. The molecule has 0 spiro atoms. The molecular weight excluding hydrogens is 240 g/mol. The number of hydrogen-bond donors (Lipinski definition) is 1. The van der Waals surface area contributed by atoms with Crippen LogP contribution in [0.5, 0.6) is 0 Å². The van der Waals surface area contributed by atoms with Crippen LogP contribution in [0.3, 0.4) is 0 Å². The molecule has 0 amide bonds. The molecule has 1 aromatic heterocycles. The summed E-state index contributed by atoms with van der Waals surface area (Å²) in [5.41, 5.74) is 0.488. The Morgan fingerprint density at radius 2 is 2.31 bits per heavy atom. The maximum atomic E-state index is 12.3. The number of rotatable bonds is 7. The van der Waals surface area contributed by atoms with E-state index in [1.165, 1.54) is 6.20 Å². The first-order chi connectivity index (χ1) is 7.25. The van der Waals surface area contributed by atoms with Gasteiger partial charge >= 0.3 is 6.55 Å². The standard InChI is InChI=1S/C9H15F2N3O.ClH/c1-15-6-2-4-12-7-8-3-5-13-14(8)9(10)11;/h3,5,9,12H,2,4,6-7H2,1H3;1H. The average Bonchev–Trinajstić information content (AvgIpc) is 2.66. The van der Waals surface area contributed by atoms with Gasteiger partial charge in [-0.15, -0.1) is 12.4 Å². The summed E-state index contributed by atoms with van der Waals surface area (Å²) in [5, 5.41) is 6.58. The normalized spacial score (nSPS) is 10.5. The molecule has 4 nitrogen and oxygen atoms in total. The van der Waals surface area contributed by atoms with E-state index in [0.29, 0.717) is 23.5 Å². The largest absolute Gasteiger partial charge is 0.385 e. The van der Waals surface area contributed by atoms with Gasteiger partial charge in [0.15, 0.2) is 0 Å². The van der Waals surface area contributed by atoms with E-state index < -0.39 is 6.55 Å². The fraction of sp³-hybridized carbons (Fsp3) is 0.667. The van der Waals surface area contributed by atoms with Crippen molar-refractivity contribution in [3.8, 4) is 0 Å². The highest BCUT2D eigenvalue weighted by molar-refractivity contribution is 5.85. The van der Waals surface area contributed by atoms with Gasteiger partial charge in [-0.05, 0) is 19.0 Å². The molecule has 0 aliphatic rings. The van der Waals surface area contributed by atoms with Gasteiger partial charge in [-0.2, -0.15) is 13.9 Å². The number of ether oxygens (including phenoxy) is 1. The van der Waals surface area contributed by atoms with Gasteiger partial charge in [0.05, 0.1) is 5.69 Å². The number of nitrogens with one attached hydrogen (secondary N) is 1. The lowest BCUT2D eigenvalue weighted by molar-refractivity contribution is 0.0531. The summed E-state index contributed by atoms with van der Waals surface area (Å²) in [7, 11) is 1.63. The molecule has 0 aromatic carbocycles. The van der Waals surface area contributed by atoms with Crippen molar-refractivity contribution >= 4 is 12.4 Å². The van der Waals surface area contributed by atoms with Crippen molar-refractivity contribution in [2.24, 2.45) is 0 Å². The molecule has 0 aliphatic carbocycles. The third-order valence-corrected chi connectivity index (χ3v) is 1.95. The third-order valence-electron chi connectivity index (χ3n) is 1.95. The molecule has 0 fully saturated rings. The zero-order chi connectivity index (χ0) is 11.1. The van der Waals surface area contributed by atoms with E-state index in [0.717, 1.165) is 13.0 Å². The Morgan fingerprint density at radius 3 is 2.94 bits per heavy atom. The summed E-state index contributed by atoms with van der Waals surface area (Å²) < 4.78 is 30.3. The van der Waals surface area contributed by atoms with Crippen molar-refractivity contribution in [1.29, 1.82) is 0 Å². The highest BCUT2D eigenvalue weighted by Crippen LogP contribution is 2.11. The zero-order valence-electron chi connectivity index (χ0n) is 9.03. The highest BCUT2D eigenvalue weighted by atomic mass is 35.5. The summed E-state index contributed by atoms with van der Waals surface area (Å²) in [6, 6.07) is 1.58. The summed E-state index contributed by atoms with van der Waals surface area (Å²) >= 11 is 0. The molecule has 1 heterocycles. The third kappa shape index (κ3) is 4.87. The SMILES string of the molecule is COCCCNCc1ccnn1C(F)F.Cl. The molecule has 7 heteroatoms. The predicted octanol–water partition coefficient (Wildman–Crippen LogP) is 1.83. The van der Waals surface area contributed by atoms with E-state index in [9.17, 15) is 8.78 Å². The van der Waals surface area contributed by atoms with Crippen LogP contribution >= 0.6 is 12.4 Å². The first-order valence-corrected chi connectivity index (χ1v) is 4.76. The lowest BCUT2D eigenvalue weighted by Gasteiger charge is -2.07. The summed E-state index contributed by atoms with van der Waals surface area (Å²) in [4.78, 5) is 0. The Kier molecular flexibility index (Phi) is 8.05. The molecule has 1 N–H and O–H groups in total. The van der Waals surface area contributed by atoms with Gasteiger partial charge in [0.25, 0.3) is 0 Å². The molecule has 94 valence electrons. The number of hydrogen-bond acceptors (Lipinski definition) is 3. The Labute approximate surface area is 99.4 Å². The van der Waals surface area contributed by atoms with Crippen molar-refractivity contribution in [3.63, 3.8) is 0 Å². The van der Waals surface area contributed by atoms with Crippen LogP contribution in [0.4, 0.5) is 8.78 Å². The van der Waals surface area contributed by atoms with E-state index in [1.54, 1.807) is 13.2 Å². The van der Waals surface area contributed by atoms with Crippen molar-refractivity contribution in [3.05, 3.63) is 18.0 Å². The molecule has 0 saturated heterocycles. The van der Waals surface area contributed by atoms with Crippen LogP contribution in [-0.4, -0.2) is 30.0 Å². The van der Waals surface area contributed by atoms with Crippen LogP contribution in [0.15, 0.2) is 12.3 Å². The molecule has 1 rings (SSSR count). The number of methoxy groups -OCH3 is 1. The van der Waals surface area contributed by atoms with Crippen LogP contribution in [-0.2, 0) is 11.3 Å². The zero-order valence-corrected chi connectivity index (χ0v) is 9.84. The van der Waals surface area contributed by atoms with Crippen LogP contribution in [0.25, 0.3) is 0 Å². The fourth-order valence-corrected chi connectivity index (χ4v) is 1.22. The highest BCUT2D eigenvalue weighted by Gasteiger charge is 2.10. The van der Waals surface area contributed by atoms with E-state index in [4.69, 9.17) is 4.74 Å². The Morgan fingerprint density at radius 1 is 1.56 bits per heavy atom. The lowest BCUT2D eigenvalue weighted by atomic mass is 10.4. The summed E-state index contributed by atoms with van der Waals surface area (Å²) in [5.74, 6) is 0. The van der Waals surface area contributed by atoms with Crippen molar-refractivity contribution < 1.29 is 13.5 Å². The Balaban J connectivity index is 0.00000225. The van der Waals surface area contributed by atoms with Gasteiger partial charge in [-0.3, -0.25) is 0 Å². The van der Waals surface area contributed by atoms with Gasteiger partial charge in [-0.25, -0.2) is 4.68 Å². The smallest absolute Gasteiger partial charge is 0.333 e. The first-order valence-electron chi connectivity index (χ1n) is 4.76. The van der Waals surface area contributed by atoms with Gasteiger partial charge in [0.2, 0.25) is 0 Å². The van der Waals surface area contributed by atoms with E-state index in [-0.39, 0.29) is 12.4 Å². The second kappa shape index (κ2) is 8.43. The Bertz CT molecular complexity index is 283. The van der Waals surface area contributed by atoms with Crippen LogP contribution in [0.2, 0.25) is 0 Å². The quantitative estimate of drug-likeness (QED) is 0.756. The maximum absolute atomic E-state index is 12.3. The number of aromatic nitrogens is 2. The fourth-order valence-electron chi connectivity index (χ4n) is 1.22. The van der Waals surface area contributed by atoms with E-state index in [2.05, 4.69) is 10.4 Å². The van der Waals surface area contributed by atoms with Crippen LogP contribution in [0.1, 0.15) is 18.7 Å². The molecule has 16 heavy (non-hydrogen) atoms. The van der Waals surface area contributed by atoms with Gasteiger partial charge in [-0.1, -0.05) is 0 Å². The van der Waals surface area contributed by atoms with Crippen molar-refractivity contribution in [2.45, 2.75) is 19.5 Å². The minimum Gasteiger partial charge on any atom is -0.385 e. The monoisotopic (exact) mass is 255 g/mol. The van der Waals surface area contributed by atoms with Gasteiger partial charge < -0.3 is 10.1 Å². The molecule has 0 atom stereocenters. The molecule has 0 bridgehead atoms. The van der Waals surface area contributed by atoms with Crippen LogP contribution < -0.4 is 5.32 Å². The second-order valence-corrected chi connectivity index (χ2v) is 3.07. The molecule has 0 radical (unpaired) electrons. The second-order valence-electron chi connectivity index (χ2n) is 3.07. The summed E-state index contributed by atoms with van der Waals surface area (Å²) in [6.45, 7) is -0.770. The number of halogens is 3. The molecule has 0 unspecified atom stereocenters. The number of nitrogens with zero attached hydrogens (tertiary/aromatic N) is 2. The topological polar surface area (TPSA) is 39.1 Å². The number of alkyl halides is 2.